The zero-order chi connectivity index (χ0) is 18.4. The number of hydrogen-bond donors (Lipinski definition) is 2. The predicted molar refractivity (Wildman–Crippen MR) is 84.4 cm³/mol. The molecule has 0 unspecified atom stereocenters. The van der Waals surface area contributed by atoms with Gasteiger partial charge in [0.2, 0.25) is 0 Å². The van der Waals surface area contributed by atoms with Crippen LogP contribution in [0.25, 0.3) is 0 Å². The summed E-state index contributed by atoms with van der Waals surface area (Å²) in [5.74, 6) is -0.659. The molecular formula is C11H8BrN5O7. The van der Waals surface area contributed by atoms with Crippen molar-refractivity contribution < 1.29 is 19.9 Å². The molecule has 0 saturated heterocycles. The molecule has 12 nitrogen and oxygen atoms in total. The number of anilines is 1. The first kappa shape index (κ1) is 18.7. The summed E-state index contributed by atoms with van der Waals surface area (Å²) in [5.41, 5.74) is 2.29. The van der Waals surface area contributed by atoms with Gasteiger partial charge in [-0.3, -0.25) is 30.3 Å². The normalized spacial score (nSPS) is 9.54. The van der Waals surface area contributed by atoms with Crippen molar-refractivity contribution in [3.05, 3.63) is 65.3 Å². The van der Waals surface area contributed by atoms with E-state index in [1.807, 2.05) is 6.07 Å². The van der Waals surface area contributed by atoms with E-state index in [2.05, 4.69) is 20.9 Å². The maximum atomic E-state index is 10.4. The molecule has 0 fully saturated rings. The lowest BCUT2D eigenvalue weighted by Crippen LogP contribution is -1.97. The summed E-state index contributed by atoms with van der Waals surface area (Å²) in [6, 6.07) is 4.48. The monoisotopic (exact) mass is 401 g/mol. The molecule has 126 valence electrons. The van der Waals surface area contributed by atoms with Gasteiger partial charge in [-0.05, 0) is 28.1 Å². The Labute approximate surface area is 141 Å². The molecule has 0 amide bonds. The fourth-order valence-corrected chi connectivity index (χ4v) is 1.60. The third-order valence-electron chi connectivity index (χ3n) is 2.41. The molecule has 2 rings (SSSR count). The van der Waals surface area contributed by atoms with Gasteiger partial charge in [0, 0.05) is 10.7 Å². The third-order valence-corrected chi connectivity index (χ3v) is 2.88. The second-order valence-electron chi connectivity index (χ2n) is 4.01. The number of pyridine rings is 1. The molecule has 13 heteroatoms. The number of non-ortho nitro benzene ring substituents is 1. The van der Waals surface area contributed by atoms with Crippen LogP contribution in [-0.2, 0) is 0 Å². The molecular weight excluding hydrogens is 394 g/mol. The van der Waals surface area contributed by atoms with Crippen LogP contribution >= 0.6 is 15.9 Å². The minimum absolute atomic E-state index is 0.447. The number of benzene rings is 1. The van der Waals surface area contributed by atoms with E-state index in [-0.39, 0.29) is 0 Å². The lowest BCUT2D eigenvalue weighted by atomic mass is 10.2. The lowest BCUT2D eigenvalue weighted by molar-refractivity contribution is -0.404. The second kappa shape index (κ2) is 7.77. The maximum Gasteiger partial charge on any atom is 0.324 e. The molecule has 24 heavy (non-hydrogen) atoms. The van der Waals surface area contributed by atoms with Crippen molar-refractivity contribution >= 4 is 38.8 Å². The van der Waals surface area contributed by atoms with E-state index in [4.69, 9.17) is 10.8 Å². The van der Waals surface area contributed by atoms with Crippen LogP contribution in [0, 0.1) is 30.3 Å². The largest absolute Gasteiger partial charge is 0.497 e. The predicted octanol–water partition coefficient (Wildman–Crippen LogP) is 2.54. The van der Waals surface area contributed by atoms with Crippen LogP contribution in [-0.4, -0.2) is 24.9 Å². The molecule has 0 bridgehead atoms. The van der Waals surface area contributed by atoms with E-state index in [0.717, 1.165) is 4.47 Å². The average Bonchev–Trinajstić information content (AvgIpc) is 2.50. The maximum absolute atomic E-state index is 10.4. The Morgan fingerprint density at radius 2 is 1.50 bits per heavy atom. The van der Waals surface area contributed by atoms with Crippen LogP contribution < -0.4 is 5.73 Å². The number of phenols is 1. The van der Waals surface area contributed by atoms with Crippen molar-refractivity contribution in [2.45, 2.75) is 0 Å². The van der Waals surface area contributed by atoms with Gasteiger partial charge < -0.3 is 10.8 Å². The van der Waals surface area contributed by atoms with Crippen LogP contribution in [0.15, 0.2) is 34.9 Å². The van der Waals surface area contributed by atoms with E-state index in [1.165, 1.54) is 0 Å². The van der Waals surface area contributed by atoms with Gasteiger partial charge in [0.05, 0.1) is 26.9 Å². The van der Waals surface area contributed by atoms with Gasteiger partial charge in [0.15, 0.2) is 0 Å². The zero-order valence-electron chi connectivity index (χ0n) is 11.5. The number of phenolic OH excluding ortho intramolecular Hbond substituents is 1. The van der Waals surface area contributed by atoms with Gasteiger partial charge in [-0.2, -0.15) is 0 Å². The van der Waals surface area contributed by atoms with Crippen LogP contribution in [0.4, 0.5) is 22.9 Å². The Kier molecular flexibility index (Phi) is 6.06. The first-order valence-corrected chi connectivity index (χ1v) is 6.60. The second-order valence-corrected chi connectivity index (χ2v) is 4.92. The highest BCUT2D eigenvalue weighted by molar-refractivity contribution is 9.10. The smallest absolute Gasteiger partial charge is 0.324 e. The number of aromatic nitrogens is 1. The Balaban J connectivity index is 0.000000300. The van der Waals surface area contributed by atoms with E-state index >= 15 is 0 Å². The fraction of sp³-hybridized carbons (Fsp3) is 0. The minimum Gasteiger partial charge on any atom is -0.497 e. The molecule has 0 radical (unpaired) electrons. The van der Waals surface area contributed by atoms with Crippen LogP contribution in [0.2, 0.25) is 0 Å². The number of nitro groups is 3. The molecule has 0 spiro atoms. The van der Waals surface area contributed by atoms with Gasteiger partial charge >= 0.3 is 11.4 Å². The average molecular weight is 402 g/mol. The quantitative estimate of drug-likeness (QED) is 0.574. The van der Waals surface area contributed by atoms with Gasteiger partial charge in [-0.15, -0.1) is 0 Å². The van der Waals surface area contributed by atoms with Gasteiger partial charge in [0.25, 0.3) is 11.4 Å². The molecule has 2 aromatic rings. The van der Waals surface area contributed by atoms with Crippen molar-refractivity contribution in [3.63, 3.8) is 0 Å². The third kappa shape index (κ3) is 4.84. The SMILES string of the molecule is Nc1ccc(Br)cn1.O=[N+]([O-])c1cc([N+](=O)[O-])c(O)c([N+](=O)[O-])c1. The fourth-order valence-electron chi connectivity index (χ4n) is 1.36. The number of nitro benzene ring substituents is 3. The highest BCUT2D eigenvalue weighted by atomic mass is 79.9. The summed E-state index contributed by atoms with van der Waals surface area (Å²) < 4.78 is 0.951. The van der Waals surface area contributed by atoms with Crippen molar-refractivity contribution in [2.75, 3.05) is 5.73 Å². The highest BCUT2D eigenvalue weighted by Crippen LogP contribution is 2.38. The first-order chi connectivity index (χ1) is 11.1. The van der Waals surface area contributed by atoms with E-state index < -0.39 is 37.6 Å². The Bertz CT molecular complexity index is 740. The molecule has 1 aromatic carbocycles. The summed E-state index contributed by atoms with van der Waals surface area (Å²) >= 11 is 3.23. The molecule has 0 aliphatic rings. The summed E-state index contributed by atoms with van der Waals surface area (Å²) in [7, 11) is 0. The molecule has 0 aliphatic carbocycles. The molecule has 0 saturated carbocycles. The number of nitrogens with zero attached hydrogens (tertiary/aromatic N) is 4. The molecule has 0 aliphatic heterocycles. The number of nitrogen functional groups attached to an aromatic ring is 1. The topological polar surface area (TPSA) is 189 Å². The zero-order valence-corrected chi connectivity index (χ0v) is 13.1. The molecule has 1 aromatic heterocycles. The van der Waals surface area contributed by atoms with Crippen molar-refractivity contribution in [3.8, 4) is 5.75 Å². The van der Waals surface area contributed by atoms with E-state index in [0.29, 0.717) is 18.0 Å². The van der Waals surface area contributed by atoms with Crippen LogP contribution in [0.5, 0.6) is 5.75 Å². The molecule has 3 N–H and O–H groups in total. The van der Waals surface area contributed by atoms with Crippen LogP contribution in [0.3, 0.4) is 0 Å². The minimum atomic E-state index is -1.21. The van der Waals surface area contributed by atoms with Crippen molar-refractivity contribution in [1.82, 2.24) is 4.98 Å². The van der Waals surface area contributed by atoms with E-state index in [1.54, 1.807) is 12.3 Å². The Morgan fingerprint density at radius 1 is 1.00 bits per heavy atom. The highest BCUT2D eigenvalue weighted by Gasteiger charge is 2.30. The van der Waals surface area contributed by atoms with Crippen molar-refractivity contribution in [1.29, 1.82) is 0 Å². The Hall–Kier alpha value is -3.35. The molecule has 1 heterocycles. The Morgan fingerprint density at radius 3 is 1.79 bits per heavy atom. The summed E-state index contributed by atoms with van der Waals surface area (Å²) in [4.78, 5) is 31.6. The first-order valence-electron chi connectivity index (χ1n) is 5.80. The summed E-state index contributed by atoms with van der Waals surface area (Å²) in [5, 5.41) is 40.2. The number of rotatable bonds is 3. The van der Waals surface area contributed by atoms with E-state index in [9.17, 15) is 30.3 Å². The summed E-state index contributed by atoms with van der Waals surface area (Å²) in [6.07, 6.45) is 1.66. The van der Waals surface area contributed by atoms with Gasteiger partial charge in [-0.1, -0.05) is 0 Å². The molecule has 0 atom stereocenters. The van der Waals surface area contributed by atoms with Gasteiger partial charge in [-0.25, -0.2) is 4.98 Å². The van der Waals surface area contributed by atoms with Crippen LogP contribution in [0.1, 0.15) is 0 Å². The number of nitrogens with two attached hydrogens (primary N) is 1. The number of aromatic hydroxyl groups is 1. The standard InChI is InChI=1S/C6H3N3O7.C5H5BrN2/c10-6-4(8(13)14)1-3(7(11)12)2-5(6)9(15)16;6-4-1-2-5(7)8-3-4/h1-2,10H;1-3H,(H2,7,8). The number of hydrogen-bond acceptors (Lipinski definition) is 9. The lowest BCUT2D eigenvalue weighted by Gasteiger charge is -1.97. The van der Waals surface area contributed by atoms with Gasteiger partial charge in [0.1, 0.15) is 5.82 Å². The van der Waals surface area contributed by atoms with Crippen molar-refractivity contribution in [2.24, 2.45) is 0 Å². The number of halogens is 1. The summed E-state index contributed by atoms with van der Waals surface area (Å²) in [6.45, 7) is 0.